The highest BCUT2D eigenvalue weighted by molar-refractivity contribution is 7.99. The van der Waals surface area contributed by atoms with Crippen molar-refractivity contribution in [3.05, 3.63) is 81.8 Å². The number of hydrogen-bond acceptors (Lipinski definition) is 5. The lowest BCUT2D eigenvalue weighted by Crippen LogP contribution is -2.15. The molecule has 0 saturated carbocycles. The molecule has 2 N–H and O–H groups in total. The molecule has 0 radical (unpaired) electrons. The summed E-state index contributed by atoms with van der Waals surface area (Å²) in [6, 6.07) is 19.3. The number of rotatable bonds is 6. The Hall–Kier alpha value is -2.71. The number of anilines is 1. The van der Waals surface area contributed by atoms with Crippen LogP contribution in [0.25, 0.3) is 17.1 Å². The van der Waals surface area contributed by atoms with Crippen molar-refractivity contribution in [2.45, 2.75) is 5.16 Å². The van der Waals surface area contributed by atoms with Gasteiger partial charge < -0.3 is 10.4 Å². The summed E-state index contributed by atoms with van der Waals surface area (Å²) < 4.78 is 1.85. The molecule has 4 aromatic rings. The molecule has 0 bridgehead atoms. The van der Waals surface area contributed by atoms with E-state index in [9.17, 15) is 9.90 Å². The molecule has 0 spiro atoms. The Labute approximate surface area is 203 Å². The smallest absolute Gasteiger partial charge is 0.234 e. The van der Waals surface area contributed by atoms with Crippen molar-refractivity contribution in [3.63, 3.8) is 0 Å². The number of para-hydroxylation sites is 1. The minimum Gasteiger partial charge on any atom is -0.508 e. The number of amides is 1. The van der Waals surface area contributed by atoms with Gasteiger partial charge in [-0.3, -0.25) is 9.36 Å². The molecule has 0 aliphatic carbocycles. The van der Waals surface area contributed by atoms with E-state index >= 15 is 0 Å². The van der Waals surface area contributed by atoms with Gasteiger partial charge in [-0.15, -0.1) is 10.2 Å². The molecule has 4 rings (SSSR count). The Morgan fingerprint density at radius 3 is 2.28 bits per heavy atom. The standard InChI is InChI=1S/C22H15Cl3N4O2S/c23-14-10-17(24)20(18(25)11-14)26-19(31)12-32-22-28-27-21(13-6-8-16(30)9-7-13)29(22)15-4-2-1-3-5-15/h1-11,30H,12H2,(H,26,31). The number of carbonyl (C=O) groups excluding carboxylic acids is 1. The highest BCUT2D eigenvalue weighted by atomic mass is 35.5. The van der Waals surface area contributed by atoms with Crippen LogP contribution in [0.15, 0.2) is 71.9 Å². The zero-order valence-corrected chi connectivity index (χ0v) is 19.4. The molecule has 0 atom stereocenters. The van der Waals surface area contributed by atoms with E-state index in [2.05, 4.69) is 15.5 Å². The molecule has 1 aromatic heterocycles. The summed E-state index contributed by atoms with van der Waals surface area (Å²) in [7, 11) is 0. The SMILES string of the molecule is O=C(CSc1nnc(-c2ccc(O)cc2)n1-c1ccccc1)Nc1c(Cl)cc(Cl)cc1Cl. The van der Waals surface area contributed by atoms with E-state index < -0.39 is 0 Å². The highest BCUT2D eigenvalue weighted by Gasteiger charge is 2.18. The van der Waals surface area contributed by atoms with Crippen LogP contribution in [0.2, 0.25) is 15.1 Å². The lowest BCUT2D eigenvalue weighted by molar-refractivity contribution is -0.113. The topological polar surface area (TPSA) is 80.0 Å². The minimum absolute atomic E-state index is 0.0514. The molecular formula is C22H15Cl3N4O2S. The Balaban J connectivity index is 1.59. The highest BCUT2D eigenvalue weighted by Crippen LogP contribution is 2.34. The Kier molecular flexibility index (Phi) is 6.91. The molecule has 1 amide bonds. The Bertz CT molecular complexity index is 1240. The van der Waals surface area contributed by atoms with Crippen molar-refractivity contribution < 1.29 is 9.90 Å². The van der Waals surface area contributed by atoms with Crippen molar-refractivity contribution >= 4 is 58.2 Å². The second-order valence-corrected chi connectivity index (χ2v) is 8.80. The number of benzene rings is 3. The maximum Gasteiger partial charge on any atom is 0.234 e. The van der Waals surface area contributed by atoms with Gasteiger partial charge in [0.1, 0.15) is 5.75 Å². The number of thioether (sulfide) groups is 1. The number of aromatic hydroxyl groups is 1. The van der Waals surface area contributed by atoms with Crippen LogP contribution < -0.4 is 5.32 Å². The van der Waals surface area contributed by atoms with Gasteiger partial charge in [0, 0.05) is 16.3 Å². The summed E-state index contributed by atoms with van der Waals surface area (Å²) in [4.78, 5) is 12.6. The number of halogens is 3. The molecule has 0 aliphatic rings. The van der Waals surface area contributed by atoms with E-state index in [-0.39, 0.29) is 27.5 Å². The van der Waals surface area contributed by atoms with E-state index in [1.54, 1.807) is 24.3 Å². The summed E-state index contributed by atoms with van der Waals surface area (Å²) >= 11 is 19.4. The molecule has 162 valence electrons. The van der Waals surface area contributed by atoms with Gasteiger partial charge in [-0.2, -0.15) is 0 Å². The van der Waals surface area contributed by atoms with Crippen molar-refractivity contribution in [2.75, 3.05) is 11.1 Å². The number of phenols is 1. The zero-order chi connectivity index (χ0) is 22.7. The molecule has 0 fully saturated rings. The van der Waals surface area contributed by atoms with Crippen LogP contribution in [0.4, 0.5) is 5.69 Å². The average molecular weight is 506 g/mol. The van der Waals surface area contributed by atoms with Gasteiger partial charge >= 0.3 is 0 Å². The molecule has 3 aromatic carbocycles. The number of phenolic OH excluding ortho intramolecular Hbond substituents is 1. The number of aromatic nitrogens is 3. The third kappa shape index (κ3) is 5.02. The van der Waals surface area contributed by atoms with Crippen LogP contribution in [0, 0.1) is 0 Å². The summed E-state index contributed by atoms with van der Waals surface area (Å²) in [6.07, 6.45) is 0. The predicted octanol–water partition coefficient (Wildman–Crippen LogP) is 6.33. The molecule has 32 heavy (non-hydrogen) atoms. The molecular weight excluding hydrogens is 491 g/mol. The third-order valence-corrected chi connectivity index (χ3v) is 6.12. The van der Waals surface area contributed by atoms with Crippen LogP contribution in [0.3, 0.4) is 0 Å². The number of carbonyl (C=O) groups is 1. The van der Waals surface area contributed by atoms with Gasteiger partial charge in [0.05, 0.1) is 21.5 Å². The van der Waals surface area contributed by atoms with Crippen molar-refractivity contribution in [3.8, 4) is 22.8 Å². The van der Waals surface area contributed by atoms with Gasteiger partial charge in [0.25, 0.3) is 0 Å². The molecule has 0 aliphatic heterocycles. The van der Waals surface area contributed by atoms with Crippen molar-refractivity contribution in [1.29, 1.82) is 0 Å². The average Bonchev–Trinajstić information content (AvgIpc) is 3.20. The predicted molar refractivity (Wildman–Crippen MR) is 129 cm³/mol. The maximum absolute atomic E-state index is 12.6. The molecule has 10 heteroatoms. The fourth-order valence-corrected chi connectivity index (χ4v) is 4.60. The molecule has 0 saturated heterocycles. The second kappa shape index (κ2) is 9.83. The number of nitrogens with one attached hydrogen (secondary N) is 1. The van der Waals surface area contributed by atoms with Crippen LogP contribution in [-0.2, 0) is 4.79 Å². The normalized spacial score (nSPS) is 10.8. The van der Waals surface area contributed by atoms with Crippen LogP contribution in [-0.4, -0.2) is 31.5 Å². The fraction of sp³-hybridized carbons (Fsp3) is 0.0455. The summed E-state index contributed by atoms with van der Waals surface area (Å²) in [5.41, 5.74) is 1.92. The Morgan fingerprint density at radius 1 is 0.969 bits per heavy atom. The molecule has 1 heterocycles. The Morgan fingerprint density at radius 2 is 1.62 bits per heavy atom. The monoisotopic (exact) mass is 504 g/mol. The fourth-order valence-electron chi connectivity index (χ4n) is 2.94. The number of nitrogens with zero attached hydrogens (tertiary/aromatic N) is 3. The van der Waals surface area contributed by atoms with E-state index in [1.807, 2.05) is 34.9 Å². The van der Waals surface area contributed by atoms with E-state index in [0.29, 0.717) is 21.7 Å². The van der Waals surface area contributed by atoms with Crippen LogP contribution in [0.5, 0.6) is 5.75 Å². The first-order valence-corrected chi connectivity index (χ1v) is 11.4. The first-order valence-electron chi connectivity index (χ1n) is 9.30. The van der Waals surface area contributed by atoms with E-state index in [0.717, 1.165) is 11.3 Å². The van der Waals surface area contributed by atoms with Gasteiger partial charge in [0.2, 0.25) is 5.91 Å². The lowest BCUT2D eigenvalue weighted by atomic mass is 10.2. The third-order valence-electron chi connectivity index (χ3n) is 4.38. The first-order chi connectivity index (χ1) is 15.4. The van der Waals surface area contributed by atoms with E-state index in [4.69, 9.17) is 34.8 Å². The van der Waals surface area contributed by atoms with Gasteiger partial charge in [-0.25, -0.2) is 0 Å². The van der Waals surface area contributed by atoms with Crippen molar-refractivity contribution in [1.82, 2.24) is 14.8 Å². The van der Waals surface area contributed by atoms with E-state index in [1.165, 1.54) is 23.9 Å². The summed E-state index contributed by atoms with van der Waals surface area (Å²) in [5, 5.41) is 22.3. The molecule has 6 nitrogen and oxygen atoms in total. The second-order valence-electron chi connectivity index (χ2n) is 6.61. The van der Waals surface area contributed by atoms with Gasteiger partial charge in [0.15, 0.2) is 11.0 Å². The summed E-state index contributed by atoms with van der Waals surface area (Å²) in [5.74, 6) is 0.485. The van der Waals surface area contributed by atoms with Crippen LogP contribution in [0.1, 0.15) is 0 Å². The van der Waals surface area contributed by atoms with Gasteiger partial charge in [-0.05, 0) is 48.5 Å². The maximum atomic E-state index is 12.6. The quantitative estimate of drug-likeness (QED) is 0.299. The van der Waals surface area contributed by atoms with Crippen LogP contribution >= 0.6 is 46.6 Å². The van der Waals surface area contributed by atoms with Crippen molar-refractivity contribution in [2.24, 2.45) is 0 Å². The lowest BCUT2D eigenvalue weighted by Gasteiger charge is -2.11. The number of hydrogen-bond donors (Lipinski definition) is 2. The largest absolute Gasteiger partial charge is 0.508 e. The van der Waals surface area contributed by atoms with Gasteiger partial charge in [-0.1, -0.05) is 64.8 Å². The minimum atomic E-state index is -0.310. The zero-order valence-electron chi connectivity index (χ0n) is 16.3. The first kappa shape index (κ1) is 22.5. The molecule has 0 unspecified atom stereocenters. The summed E-state index contributed by atoms with van der Waals surface area (Å²) in [6.45, 7) is 0.